The summed E-state index contributed by atoms with van der Waals surface area (Å²) in [6, 6.07) is 2.52. The fourth-order valence-corrected chi connectivity index (χ4v) is 2.11. The first-order chi connectivity index (χ1) is 9.24. The van der Waals surface area contributed by atoms with Crippen LogP contribution in [0.4, 0.5) is 11.6 Å². The van der Waals surface area contributed by atoms with Crippen LogP contribution < -0.4 is 10.6 Å². The standard InChI is InChI=1S/C14H24N4O/c1-3-5-8-18(11-6-7-11)14-9-12(15)16-13(17-14)10-19-4-2/h9,11H,3-8,10H2,1-2H3,(H2,15,16,17). The van der Waals surface area contributed by atoms with Crippen LogP contribution in [0.3, 0.4) is 0 Å². The average molecular weight is 264 g/mol. The molecule has 106 valence electrons. The summed E-state index contributed by atoms with van der Waals surface area (Å²) in [5.41, 5.74) is 5.88. The van der Waals surface area contributed by atoms with E-state index in [-0.39, 0.29) is 0 Å². The first-order valence-corrected chi connectivity index (χ1v) is 7.22. The van der Waals surface area contributed by atoms with Gasteiger partial charge in [0.1, 0.15) is 18.2 Å². The summed E-state index contributed by atoms with van der Waals surface area (Å²) in [5, 5.41) is 0. The Labute approximate surface area is 115 Å². The minimum atomic E-state index is 0.431. The van der Waals surface area contributed by atoms with Gasteiger partial charge in [0.15, 0.2) is 5.82 Å². The summed E-state index contributed by atoms with van der Waals surface area (Å²) in [6.07, 6.45) is 4.89. The number of nitrogens with zero attached hydrogens (tertiary/aromatic N) is 3. The van der Waals surface area contributed by atoms with Gasteiger partial charge >= 0.3 is 0 Å². The van der Waals surface area contributed by atoms with Crippen molar-refractivity contribution in [3.8, 4) is 0 Å². The van der Waals surface area contributed by atoms with E-state index in [2.05, 4.69) is 21.8 Å². The molecule has 0 aliphatic heterocycles. The SMILES string of the molecule is CCCCN(c1cc(N)nc(COCC)n1)C1CC1. The molecule has 0 amide bonds. The van der Waals surface area contributed by atoms with E-state index in [0.29, 0.717) is 30.9 Å². The number of anilines is 2. The van der Waals surface area contributed by atoms with E-state index in [9.17, 15) is 0 Å². The second kappa shape index (κ2) is 6.70. The van der Waals surface area contributed by atoms with E-state index in [0.717, 1.165) is 12.4 Å². The van der Waals surface area contributed by atoms with E-state index in [4.69, 9.17) is 10.5 Å². The number of nitrogens with two attached hydrogens (primary N) is 1. The Balaban J connectivity index is 2.13. The molecule has 0 unspecified atom stereocenters. The normalized spacial score (nSPS) is 14.6. The van der Waals surface area contributed by atoms with Crippen molar-refractivity contribution in [1.29, 1.82) is 0 Å². The van der Waals surface area contributed by atoms with Crippen molar-refractivity contribution in [3.05, 3.63) is 11.9 Å². The van der Waals surface area contributed by atoms with Crippen LogP contribution >= 0.6 is 0 Å². The van der Waals surface area contributed by atoms with Crippen molar-refractivity contribution in [3.63, 3.8) is 0 Å². The Hall–Kier alpha value is -1.36. The van der Waals surface area contributed by atoms with Gasteiger partial charge in [0.25, 0.3) is 0 Å². The Morgan fingerprint density at radius 3 is 2.79 bits per heavy atom. The zero-order valence-electron chi connectivity index (χ0n) is 11.9. The molecular weight excluding hydrogens is 240 g/mol. The van der Waals surface area contributed by atoms with E-state index in [1.165, 1.54) is 25.7 Å². The molecule has 0 saturated heterocycles. The van der Waals surface area contributed by atoms with Crippen molar-refractivity contribution in [1.82, 2.24) is 9.97 Å². The van der Waals surface area contributed by atoms with Crippen molar-refractivity contribution >= 4 is 11.6 Å². The molecule has 5 heteroatoms. The lowest BCUT2D eigenvalue weighted by atomic mass is 10.3. The molecule has 0 atom stereocenters. The first-order valence-electron chi connectivity index (χ1n) is 7.22. The summed E-state index contributed by atoms with van der Waals surface area (Å²) in [6.45, 7) is 6.31. The summed E-state index contributed by atoms with van der Waals surface area (Å²) in [5.74, 6) is 2.17. The fourth-order valence-electron chi connectivity index (χ4n) is 2.11. The van der Waals surface area contributed by atoms with Crippen LogP contribution in [0.1, 0.15) is 45.4 Å². The van der Waals surface area contributed by atoms with Gasteiger partial charge in [-0.1, -0.05) is 13.3 Å². The molecular formula is C14H24N4O. The van der Waals surface area contributed by atoms with Gasteiger partial charge in [0, 0.05) is 25.3 Å². The fraction of sp³-hybridized carbons (Fsp3) is 0.714. The van der Waals surface area contributed by atoms with Crippen LogP contribution in [0.25, 0.3) is 0 Å². The Morgan fingerprint density at radius 2 is 2.16 bits per heavy atom. The number of aromatic nitrogens is 2. The summed E-state index contributed by atoms with van der Waals surface area (Å²) in [4.78, 5) is 11.2. The number of nitrogen functional groups attached to an aromatic ring is 1. The molecule has 0 bridgehead atoms. The largest absolute Gasteiger partial charge is 0.384 e. The molecule has 1 saturated carbocycles. The highest BCUT2D eigenvalue weighted by atomic mass is 16.5. The maximum Gasteiger partial charge on any atom is 0.158 e. The van der Waals surface area contributed by atoms with Gasteiger partial charge in [-0.05, 0) is 26.2 Å². The third-order valence-corrected chi connectivity index (χ3v) is 3.25. The molecule has 1 aromatic rings. The van der Waals surface area contributed by atoms with Crippen molar-refractivity contribution in [2.45, 2.75) is 52.2 Å². The maximum absolute atomic E-state index is 5.88. The quantitative estimate of drug-likeness (QED) is 0.781. The smallest absolute Gasteiger partial charge is 0.158 e. The van der Waals surface area contributed by atoms with E-state index < -0.39 is 0 Å². The van der Waals surface area contributed by atoms with Crippen LogP contribution in [0.5, 0.6) is 0 Å². The van der Waals surface area contributed by atoms with Crippen LogP contribution in [-0.4, -0.2) is 29.2 Å². The number of unbranched alkanes of at least 4 members (excludes halogenated alkanes) is 1. The topological polar surface area (TPSA) is 64.3 Å². The molecule has 1 heterocycles. The van der Waals surface area contributed by atoms with Crippen molar-refractivity contribution in [2.24, 2.45) is 0 Å². The van der Waals surface area contributed by atoms with E-state index in [1.54, 1.807) is 0 Å². The van der Waals surface area contributed by atoms with Crippen LogP contribution in [0, 0.1) is 0 Å². The molecule has 0 radical (unpaired) electrons. The number of hydrogen-bond acceptors (Lipinski definition) is 5. The molecule has 2 N–H and O–H groups in total. The Bertz CT molecular complexity index is 406. The zero-order valence-corrected chi connectivity index (χ0v) is 11.9. The first kappa shape index (κ1) is 14.1. The molecule has 0 aromatic carbocycles. The highest BCUT2D eigenvalue weighted by Gasteiger charge is 2.30. The summed E-state index contributed by atoms with van der Waals surface area (Å²) < 4.78 is 5.37. The highest BCUT2D eigenvalue weighted by Crippen LogP contribution is 2.31. The maximum atomic E-state index is 5.88. The predicted molar refractivity (Wildman–Crippen MR) is 77.1 cm³/mol. The zero-order chi connectivity index (χ0) is 13.7. The van der Waals surface area contributed by atoms with Crippen molar-refractivity contribution in [2.75, 3.05) is 23.8 Å². The molecule has 1 aromatic heterocycles. The third kappa shape index (κ3) is 4.06. The van der Waals surface area contributed by atoms with E-state index in [1.807, 2.05) is 13.0 Å². The van der Waals surface area contributed by atoms with Gasteiger partial charge < -0.3 is 15.4 Å². The molecule has 5 nitrogen and oxygen atoms in total. The average Bonchev–Trinajstić information content (AvgIpc) is 3.21. The van der Waals surface area contributed by atoms with Gasteiger partial charge in [0.05, 0.1) is 0 Å². The lowest BCUT2D eigenvalue weighted by molar-refractivity contribution is 0.128. The van der Waals surface area contributed by atoms with Gasteiger partial charge in [-0.15, -0.1) is 0 Å². The van der Waals surface area contributed by atoms with E-state index >= 15 is 0 Å². The minimum absolute atomic E-state index is 0.431. The number of rotatable bonds is 8. The molecule has 1 aliphatic rings. The highest BCUT2D eigenvalue weighted by molar-refractivity contribution is 5.48. The second-order valence-corrected chi connectivity index (χ2v) is 4.98. The van der Waals surface area contributed by atoms with Crippen LogP contribution in [0.2, 0.25) is 0 Å². The van der Waals surface area contributed by atoms with Crippen LogP contribution in [0.15, 0.2) is 6.07 Å². The lowest BCUT2D eigenvalue weighted by Crippen LogP contribution is -2.28. The Kier molecular flexibility index (Phi) is 4.96. The van der Waals surface area contributed by atoms with Gasteiger partial charge in [-0.25, -0.2) is 9.97 Å². The third-order valence-electron chi connectivity index (χ3n) is 3.25. The molecule has 2 rings (SSSR count). The van der Waals surface area contributed by atoms with Gasteiger partial charge in [-0.3, -0.25) is 0 Å². The van der Waals surface area contributed by atoms with Gasteiger partial charge in [-0.2, -0.15) is 0 Å². The molecule has 0 spiro atoms. The molecule has 1 aliphatic carbocycles. The molecule has 1 fully saturated rings. The predicted octanol–water partition coefficient (Wildman–Crippen LogP) is 2.36. The summed E-state index contributed by atoms with van der Waals surface area (Å²) in [7, 11) is 0. The Morgan fingerprint density at radius 1 is 1.37 bits per heavy atom. The molecule has 19 heavy (non-hydrogen) atoms. The number of hydrogen-bond donors (Lipinski definition) is 1. The lowest BCUT2D eigenvalue weighted by Gasteiger charge is -2.23. The van der Waals surface area contributed by atoms with Crippen LogP contribution in [-0.2, 0) is 11.3 Å². The minimum Gasteiger partial charge on any atom is -0.384 e. The summed E-state index contributed by atoms with van der Waals surface area (Å²) >= 11 is 0. The second-order valence-electron chi connectivity index (χ2n) is 4.98. The monoisotopic (exact) mass is 264 g/mol. The van der Waals surface area contributed by atoms with Crippen molar-refractivity contribution < 1.29 is 4.74 Å². The van der Waals surface area contributed by atoms with Gasteiger partial charge in [0.2, 0.25) is 0 Å². The number of ether oxygens (including phenoxy) is 1.